The Morgan fingerprint density at radius 2 is 1.78 bits per heavy atom. The molecule has 0 aliphatic carbocycles. The Labute approximate surface area is 155 Å². The second-order valence-electron chi connectivity index (χ2n) is 5.57. The van der Waals surface area contributed by atoms with Crippen LogP contribution in [0.2, 0.25) is 0 Å². The number of ether oxygens (including phenoxy) is 3. The van der Waals surface area contributed by atoms with Crippen LogP contribution in [0.25, 0.3) is 10.9 Å². The monoisotopic (exact) mass is 369 g/mol. The Kier molecular flexibility index (Phi) is 5.16. The Hall–Kier alpha value is -3.68. The molecule has 1 aromatic heterocycles. The van der Waals surface area contributed by atoms with Gasteiger partial charge in [0.05, 0.1) is 27.5 Å². The zero-order valence-electron chi connectivity index (χ0n) is 15.1. The molecule has 0 unspecified atom stereocenters. The summed E-state index contributed by atoms with van der Waals surface area (Å²) in [4.78, 5) is 15.3. The molecule has 1 amide bonds. The van der Waals surface area contributed by atoms with Gasteiger partial charge in [0.1, 0.15) is 5.69 Å². The minimum Gasteiger partial charge on any atom is -0.504 e. The van der Waals surface area contributed by atoms with E-state index in [1.54, 1.807) is 50.6 Å². The van der Waals surface area contributed by atoms with Crippen molar-refractivity contribution < 1.29 is 24.1 Å². The molecule has 3 rings (SSSR count). The van der Waals surface area contributed by atoms with E-state index in [2.05, 4.69) is 15.5 Å². The highest BCUT2D eigenvalue weighted by Gasteiger charge is 2.12. The van der Waals surface area contributed by atoms with Gasteiger partial charge >= 0.3 is 0 Å². The number of nitrogens with one attached hydrogen (secondary N) is 2. The molecule has 1 heterocycles. The van der Waals surface area contributed by atoms with Crippen molar-refractivity contribution in [2.75, 3.05) is 21.3 Å². The zero-order valence-corrected chi connectivity index (χ0v) is 15.1. The number of benzene rings is 2. The van der Waals surface area contributed by atoms with Gasteiger partial charge in [-0.3, -0.25) is 4.79 Å². The quantitative estimate of drug-likeness (QED) is 0.458. The molecule has 3 aromatic rings. The summed E-state index contributed by atoms with van der Waals surface area (Å²) in [5, 5.41) is 14.7. The first-order chi connectivity index (χ1) is 13.1. The van der Waals surface area contributed by atoms with Gasteiger partial charge in [-0.1, -0.05) is 6.07 Å². The van der Waals surface area contributed by atoms with Gasteiger partial charge in [-0.05, 0) is 24.3 Å². The molecule has 0 saturated heterocycles. The lowest BCUT2D eigenvalue weighted by atomic mass is 10.2. The number of phenols is 1. The maximum absolute atomic E-state index is 12.3. The predicted octanol–water partition coefficient (Wildman–Crippen LogP) is 2.66. The molecule has 140 valence electrons. The number of aromatic nitrogens is 1. The minimum absolute atomic E-state index is 0.0530. The van der Waals surface area contributed by atoms with Gasteiger partial charge in [0.25, 0.3) is 5.91 Å². The molecule has 3 N–H and O–H groups in total. The van der Waals surface area contributed by atoms with Crippen molar-refractivity contribution in [2.24, 2.45) is 5.10 Å². The molecular weight excluding hydrogens is 350 g/mol. The van der Waals surface area contributed by atoms with Crippen molar-refractivity contribution in [1.82, 2.24) is 10.4 Å². The van der Waals surface area contributed by atoms with Crippen LogP contribution >= 0.6 is 0 Å². The van der Waals surface area contributed by atoms with Crippen LogP contribution in [0.15, 0.2) is 41.5 Å². The molecule has 0 aliphatic rings. The maximum Gasteiger partial charge on any atom is 0.287 e. The van der Waals surface area contributed by atoms with Gasteiger partial charge < -0.3 is 24.3 Å². The number of amides is 1. The predicted molar refractivity (Wildman–Crippen MR) is 101 cm³/mol. The Balaban J connectivity index is 1.78. The number of carbonyl (C=O) groups excluding carboxylic acids is 1. The second kappa shape index (κ2) is 7.69. The molecule has 0 fully saturated rings. The van der Waals surface area contributed by atoms with Gasteiger partial charge in [0.15, 0.2) is 23.0 Å². The number of methoxy groups -OCH3 is 3. The number of hydrogen-bond donors (Lipinski definition) is 3. The molecule has 0 atom stereocenters. The van der Waals surface area contributed by atoms with Crippen molar-refractivity contribution in [3.63, 3.8) is 0 Å². The molecular formula is C19H19N3O5. The molecule has 0 saturated carbocycles. The largest absolute Gasteiger partial charge is 0.504 e. The van der Waals surface area contributed by atoms with Gasteiger partial charge in [0, 0.05) is 22.5 Å². The Bertz CT molecular complexity index is 969. The molecule has 0 bridgehead atoms. The van der Waals surface area contributed by atoms with Gasteiger partial charge in [-0.2, -0.15) is 5.10 Å². The fourth-order valence-corrected chi connectivity index (χ4v) is 2.61. The number of rotatable bonds is 6. The summed E-state index contributed by atoms with van der Waals surface area (Å²) >= 11 is 0. The summed E-state index contributed by atoms with van der Waals surface area (Å²) in [6.45, 7) is 0. The molecule has 2 aromatic carbocycles. The Morgan fingerprint density at radius 1 is 1.07 bits per heavy atom. The SMILES string of the molecule is COc1cc2cc(C(=O)NN=Cc3cccc(OC)c3O)[nH]c2cc1OC. The van der Waals surface area contributed by atoms with Crippen molar-refractivity contribution in [3.05, 3.63) is 47.7 Å². The summed E-state index contributed by atoms with van der Waals surface area (Å²) < 4.78 is 15.5. The third kappa shape index (κ3) is 3.64. The van der Waals surface area contributed by atoms with E-state index in [1.807, 2.05) is 0 Å². The van der Waals surface area contributed by atoms with E-state index in [4.69, 9.17) is 14.2 Å². The van der Waals surface area contributed by atoms with Crippen LogP contribution in [0.1, 0.15) is 16.1 Å². The lowest BCUT2D eigenvalue weighted by Crippen LogP contribution is -2.17. The number of hydrazone groups is 1. The first kappa shape index (κ1) is 18.1. The standard InChI is InChI=1S/C19H19N3O5/c1-25-15-6-4-5-11(18(15)23)10-20-22-19(24)14-7-12-8-16(26-2)17(27-3)9-13(12)21-14/h4-10,21,23H,1-3H3,(H,22,24). The highest BCUT2D eigenvalue weighted by atomic mass is 16.5. The molecule has 8 nitrogen and oxygen atoms in total. The highest BCUT2D eigenvalue weighted by Crippen LogP contribution is 2.32. The van der Waals surface area contributed by atoms with Crippen LogP contribution in [0.3, 0.4) is 0 Å². The van der Waals surface area contributed by atoms with Gasteiger partial charge in [0.2, 0.25) is 0 Å². The third-order valence-electron chi connectivity index (χ3n) is 3.99. The highest BCUT2D eigenvalue weighted by molar-refractivity contribution is 5.99. The van der Waals surface area contributed by atoms with Crippen LogP contribution in [-0.2, 0) is 0 Å². The lowest BCUT2D eigenvalue weighted by Gasteiger charge is -2.06. The van der Waals surface area contributed by atoms with Crippen LogP contribution in [0.4, 0.5) is 0 Å². The van der Waals surface area contributed by atoms with Crippen molar-refractivity contribution in [1.29, 1.82) is 0 Å². The summed E-state index contributed by atoms with van der Waals surface area (Å²) in [6.07, 6.45) is 1.34. The lowest BCUT2D eigenvalue weighted by molar-refractivity contribution is 0.0951. The van der Waals surface area contributed by atoms with E-state index in [0.717, 1.165) is 10.9 Å². The zero-order chi connectivity index (χ0) is 19.4. The van der Waals surface area contributed by atoms with Crippen LogP contribution < -0.4 is 19.6 Å². The fourth-order valence-electron chi connectivity index (χ4n) is 2.61. The van der Waals surface area contributed by atoms with Crippen molar-refractivity contribution >= 4 is 23.0 Å². The van der Waals surface area contributed by atoms with E-state index in [1.165, 1.54) is 13.3 Å². The number of aromatic hydroxyl groups is 1. The van der Waals surface area contributed by atoms with E-state index in [0.29, 0.717) is 28.5 Å². The van der Waals surface area contributed by atoms with E-state index < -0.39 is 5.91 Å². The number of phenolic OH excluding ortho intramolecular Hbond substituents is 1. The normalized spacial score (nSPS) is 10.9. The summed E-state index contributed by atoms with van der Waals surface area (Å²) in [5.41, 5.74) is 3.89. The average molecular weight is 369 g/mol. The van der Waals surface area contributed by atoms with Crippen molar-refractivity contribution in [2.45, 2.75) is 0 Å². The molecule has 27 heavy (non-hydrogen) atoms. The molecule has 0 radical (unpaired) electrons. The van der Waals surface area contributed by atoms with Gasteiger partial charge in [-0.15, -0.1) is 0 Å². The first-order valence-electron chi connectivity index (χ1n) is 8.01. The fraction of sp³-hybridized carbons (Fsp3) is 0.158. The van der Waals surface area contributed by atoms with Crippen LogP contribution in [0.5, 0.6) is 23.0 Å². The van der Waals surface area contributed by atoms with E-state index >= 15 is 0 Å². The van der Waals surface area contributed by atoms with E-state index in [-0.39, 0.29) is 5.75 Å². The number of H-pyrrole nitrogens is 1. The molecule has 0 spiro atoms. The summed E-state index contributed by atoms with van der Waals surface area (Å²) in [7, 11) is 4.55. The van der Waals surface area contributed by atoms with E-state index in [9.17, 15) is 9.90 Å². The molecule has 8 heteroatoms. The number of aromatic amines is 1. The Morgan fingerprint density at radius 3 is 2.48 bits per heavy atom. The third-order valence-corrected chi connectivity index (χ3v) is 3.99. The van der Waals surface area contributed by atoms with Crippen molar-refractivity contribution in [3.8, 4) is 23.0 Å². The summed E-state index contributed by atoms with van der Waals surface area (Å²) in [5.74, 6) is 0.974. The number of hydrogen-bond acceptors (Lipinski definition) is 6. The molecule has 0 aliphatic heterocycles. The smallest absolute Gasteiger partial charge is 0.287 e. The van der Waals surface area contributed by atoms with Gasteiger partial charge in [-0.25, -0.2) is 5.43 Å². The van der Waals surface area contributed by atoms with Crippen LogP contribution in [0, 0.1) is 0 Å². The first-order valence-corrected chi connectivity index (χ1v) is 8.01. The minimum atomic E-state index is -0.428. The van der Waals surface area contributed by atoms with Crippen LogP contribution in [-0.4, -0.2) is 43.5 Å². The number of para-hydroxylation sites is 1. The average Bonchev–Trinajstić information content (AvgIpc) is 3.11. The number of carbonyl (C=O) groups is 1. The second-order valence-corrected chi connectivity index (χ2v) is 5.57. The number of nitrogens with zero attached hydrogens (tertiary/aromatic N) is 1. The number of fused-ring (bicyclic) bond motifs is 1. The summed E-state index contributed by atoms with van der Waals surface area (Å²) in [6, 6.07) is 10.2. The topological polar surface area (TPSA) is 105 Å². The maximum atomic E-state index is 12.3.